The molecule has 0 bridgehead atoms. The van der Waals surface area contributed by atoms with Crippen LogP contribution in [0, 0.1) is 17.2 Å². The second kappa shape index (κ2) is 5.72. The van der Waals surface area contributed by atoms with E-state index in [4.69, 9.17) is 5.26 Å². The second-order valence-corrected chi connectivity index (χ2v) is 4.07. The molecule has 0 aromatic rings. The molecule has 1 unspecified atom stereocenters. The number of hydrogen-bond acceptors (Lipinski definition) is 3. The number of hydrogen-bond donors (Lipinski definition) is 0. The van der Waals surface area contributed by atoms with Crippen molar-refractivity contribution in [3.05, 3.63) is 0 Å². The normalized spacial score (nSPS) is 19.7. The number of carbonyl (C=O) groups is 1. The van der Waals surface area contributed by atoms with Crippen molar-refractivity contribution in [2.24, 2.45) is 5.92 Å². The zero-order valence-corrected chi connectivity index (χ0v) is 9.57. The van der Waals surface area contributed by atoms with Gasteiger partial charge in [-0.25, -0.2) is 0 Å². The van der Waals surface area contributed by atoms with Crippen molar-refractivity contribution < 1.29 is 4.79 Å². The quantitative estimate of drug-likeness (QED) is 0.643. The molecule has 1 atom stereocenters. The van der Waals surface area contributed by atoms with E-state index in [1.54, 1.807) is 0 Å². The third-order valence-electron chi connectivity index (χ3n) is 3.01. The van der Waals surface area contributed by atoms with Crippen LogP contribution in [0.1, 0.15) is 20.3 Å². The van der Waals surface area contributed by atoms with Gasteiger partial charge in [0.1, 0.15) is 0 Å². The molecule has 0 aliphatic carbocycles. The Hall–Kier alpha value is -1.08. The van der Waals surface area contributed by atoms with E-state index in [0.29, 0.717) is 6.54 Å². The first-order valence-electron chi connectivity index (χ1n) is 5.57. The maximum Gasteiger partial charge on any atom is 0.225 e. The van der Waals surface area contributed by atoms with Crippen LogP contribution in [0.2, 0.25) is 0 Å². The molecule has 0 aromatic heterocycles. The van der Waals surface area contributed by atoms with Crippen LogP contribution >= 0.6 is 0 Å². The van der Waals surface area contributed by atoms with Gasteiger partial charge in [0.2, 0.25) is 5.91 Å². The van der Waals surface area contributed by atoms with Gasteiger partial charge in [-0.1, -0.05) is 13.8 Å². The molecule has 1 aliphatic heterocycles. The summed E-state index contributed by atoms with van der Waals surface area (Å²) in [6.07, 6.45) is 0.900. The Morgan fingerprint density at radius 1 is 1.40 bits per heavy atom. The van der Waals surface area contributed by atoms with Gasteiger partial charge < -0.3 is 4.90 Å². The van der Waals surface area contributed by atoms with Gasteiger partial charge in [0.25, 0.3) is 0 Å². The summed E-state index contributed by atoms with van der Waals surface area (Å²) in [5.41, 5.74) is 0. The predicted octanol–water partition coefficient (Wildman–Crippen LogP) is 0.700. The summed E-state index contributed by atoms with van der Waals surface area (Å²) < 4.78 is 0. The number of nitrogens with zero attached hydrogens (tertiary/aromatic N) is 3. The summed E-state index contributed by atoms with van der Waals surface area (Å²) in [7, 11) is 0. The monoisotopic (exact) mass is 209 g/mol. The Bertz CT molecular complexity index is 251. The van der Waals surface area contributed by atoms with Crippen LogP contribution in [0.25, 0.3) is 0 Å². The lowest BCUT2D eigenvalue weighted by atomic mass is 10.1. The van der Waals surface area contributed by atoms with Gasteiger partial charge in [-0.05, 0) is 6.42 Å². The first-order valence-corrected chi connectivity index (χ1v) is 5.57. The minimum Gasteiger partial charge on any atom is -0.340 e. The molecule has 1 aliphatic rings. The molecule has 0 saturated carbocycles. The molecule has 0 N–H and O–H groups in total. The Morgan fingerprint density at radius 2 is 2.00 bits per heavy atom. The van der Waals surface area contributed by atoms with E-state index in [9.17, 15) is 4.79 Å². The fraction of sp³-hybridized carbons (Fsp3) is 0.818. The van der Waals surface area contributed by atoms with Gasteiger partial charge in [0.15, 0.2) is 0 Å². The Kier molecular flexibility index (Phi) is 4.57. The molecular formula is C11H19N3O. The minimum absolute atomic E-state index is 0.132. The molecule has 4 nitrogen and oxygen atoms in total. The van der Waals surface area contributed by atoms with E-state index >= 15 is 0 Å². The molecular weight excluding hydrogens is 190 g/mol. The molecule has 1 amide bonds. The highest BCUT2D eigenvalue weighted by Crippen LogP contribution is 2.09. The summed E-state index contributed by atoms with van der Waals surface area (Å²) in [4.78, 5) is 15.8. The molecule has 0 spiro atoms. The van der Waals surface area contributed by atoms with Gasteiger partial charge in [-0.3, -0.25) is 9.69 Å². The van der Waals surface area contributed by atoms with Crippen LogP contribution in [-0.2, 0) is 4.79 Å². The Morgan fingerprint density at radius 3 is 2.47 bits per heavy atom. The van der Waals surface area contributed by atoms with Crippen LogP contribution in [0.3, 0.4) is 0 Å². The first-order chi connectivity index (χ1) is 7.19. The average Bonchev–Trinajstić information content (AvgIpc) is 2.28. The molecule has 0 radical (unpaired) electrons. The van der Waals surface area contributed by atoms with E-state index in [1.165, 1.54) is 0 Å². The van der Waals surface area contributed by atoms with Crippen molar-refractivity contribution in [3.8, 4) is 6.07 Å². The highest BCUT2D eigenvalue weighted by Gasteiger charge is 2.23. The van der Waals surface area contributed by atoms with E-state index in [-0.39, 0.29) is 11.8 Å². The summed E-state index contributed by atoms with van der Waals surface area (Å²) in [6.45, 7) is 7.69. The van der Waals surface area contributed by atoms with Crippen LogP contribution in [0.5, 0.6) is 0 Å². The molecule has 0 aromatic carbocycles. The molecule has 1 heterocycles. The summed E-state index contributed by atoms with van der Waals surface area (Å²) in [6, 6.07) is 2.14. The predicted molar refractivity (Wildman–Crippen MR) is 58.1 cm³/mol. The van der Waals surface area contributed by atoms with Crippen molar-refractivity contribution in [1.29, 1.82) is 5.26 Å². The number of amides is 1. The highest BCUT2D eigenvalue weighted by atomic mass is 16.2. The van der Waals surface area contributed by atoms with Gasteiger partial charge in [-0.15, -0.1) is 0 Å². The van der Waals surface area contributed by atoms with Gasteiger partial charge in [0, 0.05) is 32.1 Å². The van der Waals surface area contributed by atoms with Crippen LogP contribution < -0.4 is 0 Å². The molecule has 15 heavy (non-hydrogen) atoms. The lowest BCUT2D eigenvalue weighted by Crippen LogP contribution is -2.50. The Balaban J connectivity index is 2.37. The van der Waals surface area contributed by atoms with E-state index in [2.05, 4.69) is 11.0 Å². The first kappa shape index (κ1) is 12.0. The fourth-order valence-electron chi connectivity index (χ4n) is 1.71. The SMILES string of the molecule is CCC(C)C(=O)N1CCN(CC#N)CC1. The van der Waals surface area contributed by atoms with E-state index in [0.717, 1.165) is 32.6 Å². The van der Waals surface area contributed by atoms with Crippen molar-refractivity contribution in [2.45, 2.75) is 20.3 Å². The van der Waals surface area contributed by atoms with Gasteiger partial charge >= 0.3 is 0 Å². The molecule has 84 valence electrons. The standard InChI is InChI=1S/C11H19N3O/c1-3-10(2)11(15)14-8-6-13(5-4-12)7-9-14/h10H,3,5-9H2,1-2H3. The largest absolute Gasteiger partial charge is 0.340 e. The molecule has 1 saturated heterocycles. The number of nitriles is 1. The van der Waals surface area contributed by atoms with Crippen LogP contribution in [0.15, 0.2) is 0 Å². The van der Waals surface area contributed by atoms with Crippen LogP contribution in [-0.4, -0.2) is 48.4 Å². The lowest BCUT2D eigenvalue weighted by molar-refractivity contribution is -0.136. The van der Waals surface area contributed by atoms with E-state index < -0.39 is 0 Å². The Labute approximate surface area is 91.5 Å². The number of piperazine rings is 1. The second-order valence-electron chi connectivity index (χ2n) is 4.07. The lowest BCUT2D eigenvalue weighted by Gasteiger charge is -2.34. The number of rotatable bonds is 3. The maximum atomic E-state index is 11.8. The van der Waals surface area contributed by atoms with Crippen molar-refractivity contribution in [1.82, 2.24) is 9.80 Å². The highest BCUT2D eigenvalue weighted by molar-refractivity contribution is 5.78. The maximum absolute atomic E-state index is 11.8. The van der Waals surface area contributed by atoms with Gasteiger partial charge in [0.05, 0.1) is 12.6 Å². The summed E-state index contributed by atoms with van der Waals surface area (Å²) in [5.74, 6) is 0.390. The van der Waals surface area contributed by atoms with Crippen LogP contribution in [0.4, 0.5) is 0 Å². The van der Waals surface area contributed by atoms with Crippen molar-refractivity contribution in [3.63, 3.8) is 0 Å². The van der Waals surface area contributed by atoms with Gasteiger partial charge in [-0.2, -0.15) is 5.26 Å². The zero-order chi connectivity index (χ0) is 11.3. The average molecular weight is 209 g/mol. The number of carbonyl (C=O) groups excluding carboxylic acids is 1. The van der Waals surface area contributed by atoms with E-state index in [1.807, 2.05) is 18.7 Å². The fourth-order valence-corrected chi connectivity index (χ4v) is 1.71. The third-order valence-corrected chi connectivity index (χ3v) is 3.01. The zero-order valence-electron chi connectivity index (χ0n) is 9.57. The molecule has 4 heteroatoms. The molecule has 1 fully saturated rings. The summed E-state index contributed by atoms with van der Waals surface area (Å²) >= 11 is 0. The van der Waals surface area contributed by atoms with Crippen molar-refractivity contribution in [2.75, 3.05) is 32.7 Å². The summed E-state index contributed by atoms with van der Waals surface area (Å²) in [5, 5.41) is 8.55. The smallest absolute Gasteiger partial charge is 0.225 e. The van der Waals surface area contributed by atoms with Crippen molar-refractivity contribution >= 4 is 5.91 Å². The topological polar surface area (TPSA) is 47.3 Å². The minimum atomic E-state index is 0.132. The molecule has 1 rings (SSSR count). The third kappa shape index (κ3) is 3.21.